The Morgan fingerprint density at radius 1 is 1.40 bits per heavy atom. The molecule has 3 heteroatoms. The van der Waals surface area contributed by atoms with E-state index in [-0.39, 0.29) is 11.9 Å². The molecular weight excluding hydrogens is 208 g/mol. The number of hydrogen-bond donors (Lipinski definition) is 0. The number of ether oxygens (including phenoxy) is 1. The number of hydrogen-bond acceptors (Lipinski definition) is 3. The van der Waals surface area contributed by atoms with Crippen LogP contribution >= 0.6 is 11.8 Å². The smallest absolute Gasteiger partial charge is 0.193 e. The molecule has 0 spiro atoms. The van der Waals surface area contributed by atoms with Crippen molar-refractivity contribution in [2.24, 2.45) is 0 Å². The molecule has 2 rings (SSSR count). The van der Waals surface area contributed by atoms with Crippen molar-refractivity contribution >= 4 is 17.5 Å². The summed E-state index contributed by atoms with van der Waals surface area (Å²) in [5.41, 5.74) is 0.755. The Hall–Kier alpha value is -0.800. The van der Waals surface area contributed by atoms with E-state index in [1.807, 2.05) is 24.3 Å². The predicted octanol–water partition coefficient (Wildman–Crippen LogP) is 2.77. The fraction of sp³-hybridized carbons (Fsp3) is 0.417. The molecule has 1 aliphatic rings. The van der Waals surface area contributed by atoms with Crippen molar-refractivity contribution in [2.45, 2.75) is 30.1 Å². The SMILES string of the molecule is CC(C)Sc1ccc(C(=O)C2CO2)cc1. The van der Waals surface area contributed by atoms with E-state index in [1.54, 1.807) is 11.8 Å². The van der Waals surface area contributed by atoms with Crippen LogP contribution in [0.4, 0.5) is 0 Å². The zero-order valence-corrected chi connectivity index (χ0v) is 9.71. The minimum absolute atomic E-state index is 0.107. The van der Waals surface area contributed by atoms with Gasteiger partial charge < -0.3 is 4.74 Å². The number of benzene rings is 1. The summed E-state index contributed by atoms with van der Waals surface area (Å²) in [6.07, 6.45) is -0.173. The summed E-state index contributed by atoms with van der Waals surface area (Å²) >= 11 is 1.80. The van der Waals surface area contributed by atoms with Gasteiger partial charge in [0.25, 0.3) is 0 Å². The number of ketones is 1. The summed E-state index contributed by atoms with van der Waals surface area (Å²) in [6.45, 7) is 4.89. The third-order valence-electron chi connectivity index (χ3n) is 2.14. The van der Waals surface area contributed by atoms with Crippen LogP contribution in [-0.2, 0) is 4.74 Å². The highest BCUT2D eigenvalue weighted by atomic mass is 32.2. The van der Waals surface area contributed by atoms with Gasteiger partial charge in [-0.1, -0.05) is 26.0 Å². The van der Waals surface area contributed by atoms with Crippen LogP contribution in [0, 0.1) is 0 Å². The van der Waals surface area contributed by atoms with E-state index in [1.165, 1.54) is 4.90 Å². The average molecular weight is 222 g/mol. The summed E-state index contributed by atoms with van der Waals surface area (Å²) < 4.78 is 4.96. The molecule has 1 aliphatic heterocycles. The first-order valence-electron chi connectivity index (χ1n) is 5.09. The highest BCUT2D eigenvalue weighted by molar-refractivity contribution is 7.99. The van der Waals surface area contributed by atoms with Crippen LogP contribution in [0.1, 0.15) is 24.2 Å². The Kier molecular flexibility index (Phi) is 3.12. The predicted molar refractivity (Wildman–Crippen MR) is 61.5 cm³/mol. The minimum Gasteiger partial charge on any atom is -0.364 e. The number of rotatable bonds is 4. The third-order valence-corrected chi connectivity index (χ3v) is 3.15. The van der Waals surface area contributed by atoms with Crippen LogP contribution in [0.15, 0.2) is 29.2 Å². The van der Waals surface area contributed by atoms with Gasteiger partial charge in [0.1, 0.15) is 6.10 Å². The molecule has 1 unspecified atom stereocenters. The topological polar surface area (TPSA) is 29.6 Å². The van der Waals surface area contributed by atoms with Crippen LogP contribution in [0.25, 0.3) is 0 Å². The highest BCUT2D eigenvalue weighted by Crippen LogP contribution is 2.24. The summed E-state index contributed by atoms with van der Waals surface area (Å²) in [4.78, 5) is 12.8. The van der Waals surface area contributed by atoms with Gasteiger partial charge in [-0.3, -0.25) is 4.79 Å². The number of carbonyl (C=O) groups excluding carboxylic acids is 1. The van der Waals surface area contributed by atoms with Crippen molar-refractivity contribution in [2.75, 3.05) is 6.61 Å². The van der Waals surface area contributed by atoms with Crippen LogP contribution in [-0.4, -0.2) is 23.7 Å². The molecule has 15 heavy (non-hydrogen) atoms. The molecule has 1 heterocycles. The van der Waals surface area contributed by atoms with E-state index in [2.05, 4.69) is 13.8 Å². The molecule has 0 radical (unpaired) electrons. The van der Waals surface area contributed by atoms with Crippen molar-refractivity contribution < 1.29 is 9.53 Å². The number of Topliss-reactive ketones (excluding diaryl/α,β-unsaturated/α-hetero) is 1. The van der Waals surface area contributed by atoms with E-state index in [4.69, 9.17) is 4.74 Å². The first kappa shape index (κ1) is 10.7. The Bertz CT molecular complexity index is 352. The van der Waals surface area contributed by atoms with E-state index in [0.29, 0.717) is 11.9 Å². The van der Waals surface area contributed by atoms with E-state index in [9.17, 15) is 4.79 Å². The molecule has 0 bridgehead atoms. The lowest BCUT2D eigenvalue weighted by molar-refractivity contribution is 0.0953. The monoisotopic (exact) mass is 222 g/mol. The molecule has 1 saturated heterocycles. The van der Waals surface area contributed by atoms with Crippen molar-refractivity contribution in [3.05, 3.63) is 29.8 Å². The second kappa shape index (κ2) is 4.37. The van der Waals surface area contributed by atoms with Gasteiger partial charge >= 0.3 is 0 Å². The van der Waals surface area contributed by atoms with Crippen molar-refractivity contribution in [1.29, 1.82) is 0 Å². The first-order chi connectivity index (χ1) is 7.16. The second-order valence-corrected chi connectivity index (χ2v) is 5.53. The van der Waals surface area contributed by atoms with E-state index >= 15 is 0 Å². The third kappa shape index (κ3) is 2.83. The first-order valence-corrected chi connectivity index (χ1v) is 5.97. The fourth-order valence-corrected chi connectivity index (χ4v) is 2.19. The largest absolute Gasteiger partial charge is 0.364 e. The maximum atomic E-state index is 11.6. The lowest BCUT2D eigenvalue weighted by Gasteiger charge is -2.05. The molecule has 1 aromatic carbocycles. The average Bonchev–Trinajstić information content (AvgIpc) is 3.00. The van der Waals surface area contributed by atoms with Crippen LogP contribution < -0.4 is 0 Å². The number of thioether (sulfide) groups is 1. The molecule has 0 aromatic heterocycles. The Morgan fingerprint density at radius 2 is 2.00 bits per heavy atom. The van der Waals surface area contributed by atoms with Gasteiger partial charge in [-0.2, -0.15) is 0 Å². The van der Waals surface area contributed by atoms with Gasteiger partial charge in [0.05, 0.1) is 6.61 Å². The second-order valence-electron chi connectivity index (χ2n) is 3.88. The number of carbonyl (C=O) groups is 1. The zero-order valence-electron chi connectivity index (χ0n) is 8.90. The van der Waals surface area contributed by atoms with E-state index in [0.717, 1.165) is 5.56 Å². The molecular formula is C12H14O2S. The summed E-state index contributed by atoms with van der Waals surface area (Å²) in [7, 11) is 0. The molecule has 1 aromatic rings. The lowest BCUT2D eigenvalue weighted by atomic mass is 10.1. The molecule has 0 saturated carbocycles. The van der Waals surface area contributed by atoms with Gasteiger partial charge in [-0.15, -0.1) is 11.8 Å². The normalized spacial score (nSPS) is 19.3. The fourth-order valence-electron chi connectivity index (χ4n) is 1.36. The van der Waals surface area contributed by atoms with Crippen molar-refractivity contribution in [3.63, 3.8) is 0 Å². The quantitative estimate of drug-likeness (QED) is 0.445. The van der Waals surface area contributed by atoms with Gasteiger partial charge in [0.15, 0.2) is 5.78 Å². The molecule has 0 aliphatic carbocycles. The molecule has 1 fully saturated rings. The van der Waals surface area contributed by atoms with Crippen LogP contribution in [0.3, 0.4) is 0 Å². The summed E-state index contributed by atoms with van der Waals surface area (Å²) in [6, 6.07) is 7.77. The van der Waals surface area contributed by atoms with E-state index < -0.39 is 0 Å². The minimum atomic E-state index is -0.173. The van der Waals surface area contributed by atoms with Gasteiger partial charge in [-0.25, -0.2) is 0 Å². The van der Waals surface area contributed by atoms with Gasteiger partial charge in [0.2, 0.25) is 0 Å². The van der Waals surface area contributed by atoms with Gasteiger partial charge in [-0.05, 0) is 12.1 Å². The summed E-state index contributed by atoms with van der Waals surface area (Å²) in [5, 5.41) is 0.568. The van der Waals surface area contributed by atoms with Crippen molar-refractivity contribution in [1.82, 2.24) is 0 Å². The Labute approximate surface area is 94.0 Å². The molecule has 0 amide bonds. The summed E-state index contributed by atoms with van der Waals surface area (Å²) in [5.74, 6) is 0.107. The highest BCUT2D eigenvalue weighted by Gasteiger charge is 2.31. The Balaban J connectivity index is 2.06. The zero-order chi connectivity index (χ0) is 10.8. The standard InChI is InChI=1S/C12H14O2S/c1-8(2)15-10-5-3-9(4-6-10)12(13)11-7-14-11/h3-6,8,11H,7H2,1-2H3. The maximum Gasteiger partial charge on any atom is 0.193 e. The van der Waals surface area contributed by atoms with Crippen LogP contribution in [0.2, 0.25) is 0 Å². The molecule has 1 atom stereocenters. The Morgan fingerprint density at radius 3 is 2.47 bits per heavy atom. The number of epoxide rings is 1. The van der Waals surface area contributed by atoms with Gasteiger partial charge in [0, 0.05) is 15.7 Å². The van der Waals surface area contributed by atoms with Crippen LogP contribution in [0.5, 0.6) is 0 Å². The van der Waals surface area contributed by atoms with Crippen molar-refractivity contribution in [3.8, 4) is 0 Å². The molecule has 2 nitrogen and oxygen atoms in total. The molecule has 0 N–H and O–H groups in total. The molecule has 80 valence electrons. The lowest BCUT2D eigenvalue weighted by Crippen LogP contribution is -2.06. The maximum absolute atomic E-state index is 11.6.